The van der Waals surface area contributed by atoms with Gasteiger partial charge in [0.05, 0.1) is 0 Å². The van der Waals surface area contributed by atoms with Crippen LogP contribution >= 0.6 is 0 Å². The zero-order valence-corrected chi connectivity index (χ0v) is 7.21. The SMILES string of the molecule is [B][C@@H]1O[C@H](COC(C)=O)C(O)[C@@H]1O. The minimum absolute atomic E-state index is 0.0960. The van der Waals surface area contributed by atoms with E-state index in [2.05, 4.69) is 4.74 Å². The molecule has 0 bridgehead atoms. The zero-order valence-electron chi connectivity index (χ0n) is 7.21. The van der Waals surface area contributed by atoms with Gasteiger partial charge in [0.1, 0.15) is 32.8 Å². The van der Waals surface area contributed by atoms with E-state index < -0.39 is 30.3 Å². The van der Waals surface area contributed by atoms with Crippen LogP contribution in [0.5, 0.6) is 0 Å². The largest absolute Gasteiger partial charge is 0.463 e. The van der Waals surface area contributed by atoms with E-state index in [9.17, 15) is 9.90 Å². The molecule has 2 radical (unpaired) electrons. The first-order valence-electron chi connectivity index (χ1n) is 3.93. The van der Waals surface area contributed by atoms with Crippen molar-refractivity contribution in [2.45, 2.75) is 31.2 Å². The Labute approximate surface area is 77.1 Å². The molecular weight excluding hydrogens is 175 g/mol. The van der Waals surface area contributed by atoms with Gasteiger partial charge in [-0.3, -0.25) is 4.79 Å². The highest BCUT2D eigenvalue weighted by molar-refractivity contribution is 6.11. The summed E-state index contributed by atoms with van der Waals surface area (Å²) in [6, 6.07) is -0.921. The zero-order chi connectivity index (χ0) is 10.0. The maximum Gasteiger partial charge on any atom is 0.302 e. The van der Waals surface area contributed by atoms with Gasteiger partial charge in [0.15, 0.2) is 0 Å². The van der Waals surface area contributed by atoms with Gasteiger partial charge in [0.25, 0.3) is 0 Å². The minimum Gasteiger partial charge on any atom is -0.463 e. The number of aliphatic hydroxyl groups excluding tert-OH is 2. The summed E-state index contributed by atoms with van der Waals surface area (Å²) >= 11 is 0. The number of carbonyl (C=O) groups is 1. The quantitative estimate of drug-likeness (QED) is 0.391. The second-order valence-electron chi connectivity index (χ2n) is 2.92. The van der Waals surface area contributed by atoms with Crippen LogP contribution in [-0.4, -0.2) is 55.0 Å². The Kier molecular flexibility index (Phi) is 3.30. The third-order valence-corrected chi connectivity index (χ3v) is 1.85. The lowest BCUT2D eigenvalue weighted by molar-refractivity contribution is -0.146. The maximum absolute atomic E-state index is 10.4. The van der Waals surface area contributed by atoms with Crippen molar-refractivity contribution in [2.75, 3.05) is 6.61 Å². The Morgan fingerprint density at radius 2 is 2.15 bits per heavy atom. The van der Waals surface area contributed by atoms with Gasteiger partial charge < -0.3 is 19.7 Å². The maximum atomic E-state index is 10.4. The fourth-order valence-electron chi connectivity index (χ4n) is 1.11. The van der Waals surface area contributed by atoms with E-state index in [0.717, 1.165) is 0 Å². The minimum atomic E-state index is -1.12. The van der Waals surface area contributed by atoms with Crippen molar-refractivity contribution < 1.29 is 24.5 Å². The molecule has 1 aliphatic heterocycles. The number of hydrogen-bond donors (Lipinski definition) is 2. The van der Waals surface area contributed by atoms with Crippen LogP contribution in [0.2, 0.25) is 0 Å². The second-order valence-corrected chi connectivity index (χ2v) is 2.92. The molecule has 2 N–H and O–H groups in total. The third-order valence-electron chi connectivity index (χ3n) is 1.85. The van der Waals surface area contributed by atoms with Crippen LogP contribution in [0.15, 0.2) is 0 Å². The third kappa shape index (κ3) is 2.43. The van der Waals surface area contributed by atoms with Crippen molar-refractivity contribution in [1.29, 1.82) is 0 Å². The van der Waals surface area contributed by atoms with E-state index in [4.69, 9.17) is 17.7 Å². The van der Waals surface area contributed by atoms with Crippen LogP contribution in [0.3, 0.4) is 0 Å². The molecule has 1 saturated heterocycles. The number of rotatable bonds is 2. The van der Waals surface area contributed by atoms with E-state index in [1.54, 1.807) is 0 Å². The highest BCUT2D eigenvalue weighted by Crippen LogP contribution is 2.19. The number of esters is 1. The van der Waals surface area contributed by atoms with E-state index >= 15 is 0 Å². The molecule has 4 atom stereocenters. The molecule has 6 heteroatoms. The average Bonchev–Trinajstić information content (AvgIpc) is 2.29. The van der Waals surface area contributed by atoms with Crippen LogP contribution in [-0.2, 0) is 14.3 Å². The van der Waals surface area contributed by atoms with Crippen molar-refractivity contribution in [2.24, 2.45) is 0 Å². The number of aliphatic hydroxyl groups is 2. The van der Waals surface area contributed by atoms with Gasteiger partial charge in [-0.1, -0.05) is 0 Å². The van der Waals surface area contributed by atoms with Gasteiger partial charge in [-0.2, -0.15) is 0 Å². The summed E-state index contributed by atoms with van der Waals surface area (Å²) in [4.78, 5) is 10.4. The van der Waals surface area contributed by atoms with Crippen molar-refractivity contribution in [3.05, 3.63) is 0 Å². The van der Waals surface area contributed by atoms with Crippen molar-refractivity contribution in [3.8, 4) is 0 Å². The molecule has 13 heavy (non-hydrogen) atoms. The van der Waals surface area contributed by atoms with Gasteiger partial charge in [-0.15, -0.1) is 0 Å². The summed E-state index contributed by atoms with van der Waals surface area (Å²) in [5.74, 6) is -0.467. The molecule has 1 rings (SSSR count). The molecule has 0 aromatic heterocycles. The fourth-order valence-corrected chi connectivity index (χ4v) is 1.11. The lowest BCUT2D eigenvalue weighted by Gasteiger charge is -2.13. The van der Waals surface area contributed by atoms with E-state index in [1.807, 2.05) is 0 Å². The van der Waals surface area contributed by atoms with E-state index in [1.165, 1.54) is 6.92 Å². The van der Waals surface area contributed by atoms with Gasteiger partial charge in [-0.05, 0) is 0 Å². The molecular formula is C7H11BO5. The molecule has 0 saturated carbocycles. The molecule has 1 unspecified atom stereocenters. The number of hydrogen-bond acceptors (Lipinski definition) is 5. The first-order valence-corrected chi connectivity index (χ1v) is 3.93. The summed E-state index contributed by atoms with van der Waals surface area (Å²) in [5.41, 5.74) is 0. The Morgan fingerprint density at radius 3 is 2.54 bits per heavy atom. The van der Waals surface area contributed by atoms with Crippen LogP contribution in [0.25, 0.3) is 0 Å². The molecule has 1 heterocycles. The molecule has 0 spiro atoms. The molecule has 0 aliphatic carbocycles. The van der Waals surface area contributed by atoms with Crippen molar-refractivity contribution in [1.82, 2.24) is 0 Å². The van der Waals surface area contributed by atoms with Gasteiger partial charge in [0.2, 0.25) is 0 Å². The average molecular weight is 186 g/mol. The lowest BCUT2D eigenvalue weighted by Crippen LogP contribution is -2.34. The van der Waals surface area contributed by atoms with Crippen molar-refractivity contribution in [3.63, 3.8) is 0 Å². The van der Waals surface area contributed by atoms with Crippen molar-refractivity contribution >= 4 is 13.8 Å². The van der Waals surface area contributed by atoms with Crippen LogP contribution in [0, 0.1) is 0 Å². The van der Waals surface area contributed by atoms with Crippen LogP contribution < -0.4 is 0 Å². The number of ether oxygens (including phenoxy) is 2. The predicted molar refractivity (Wildman–Crippen MR) is 43.1 cm³/mol. The summed E-state index contributed by atoms with van der Waals surface area (Å²) in [5, 5.41) is 18.5. The molecule has 0 amide bonds. The molecule has 1 aliphatic rings. The predicted octanol–water partition coefficient (Wildman–Crippen LogP) is -1.84. The monoisotopic (exact) mass is 186 g/mol. The molecule has 72 valence electrons. The highest BCUT2D eigenvalue weighted by atomic mass is 16.6. The van der Waals surface area contributed by atoms with Crippen LogP contribution in [0.4, 0.5) is 0 Å². The Morgan fingerprint density at radius 1 is 1.54 bits per heavy atom. The van der Waals surface area contributed by atoms with Gasteiger partial charge in [0, 0.05) is 12.9 Å². The standard InChI is InChI=1S/C7H11BO5/c1-3(9)12-2-4-5(10)6(11)7(8)13-4/h4-7,10-11H,2H2,1H3/t4-,5?,6+,7-/m1/s1. The number of carbonyl (C=O) groups excluding carboxylic acids is 1. The first kappa shape index (κ1) is 10.5. The topological polar surface area (TPSA) is 76.0 Å². The van der Waals surface area contributed by atoms with Gasteiger partial charge >= 0.3 is 5.97 Å². The Bertz CT molecular complexity index is 197. The van der Waals surface area contributed by atoms with Gasteiger partial charge in [-0.25, -0.2) is 0 Å². The smallest absolute Gasteiger partial charge is 0.302 e. The summed E-state index contributed by atoms with van der Waals surface area (Å²) in [7, 11) is 5.29. The summed E-state index contributed by atoms with van der Waals surface area (Å²) in [6.07, 6.45) is -2.97. The van der Waals surface area contributed by atoms with E-state index in [0.29, 0.717) is 0 Å². The molecule has 0 aromatic carbocycles. The van der Waals surface area contributed by atoms with Crippen LogP contribution in [0.1, 0.15) is 6.92 Å². The molecule has 0 aromatic rings. The Balaban J connectivity index is 2.40. The summed E-state index contributed by atoms with van der Waals surface area (Å²) in [6.45, 7) is 1.15. The molecule has 5 nitrogen and oxygen atoms in total. The Hall–Kier alpha value is -0.585. The normalized spacial score (nSPS) is 39.0. The fraction of sp³-hybridized carbons (Fsp3) is 0.857. The summed E-state index contributed by atoms with van der Waals surface area (Å²) < 4.78 is 9.54. The highest BCUT2D eigenvalue weighted by Gasteiger charge is 2.40. The lowest BCUT2D eigenvalue weighted by atomic mass is 9.93. The first-order chi connectivity index (χ1) is 6.02. The second kappa shape index (κ2) is 4.08. The van der Waals surface area contributed by atoms with E-state index in [-0.39, 0.29) is 6.61 Å². The molecule has 1 fully saturated rings.